The standard InChI is InChI=1S/C13H17N3O/c1-10-2-4-12(5-3-10)17-9-13-15-8-11(16-13)6-7-14/h2-5,8H,6-7,9,14H2,1H3,(H,15,16). The van der Waals surface area contributed by atoms with E-state index in [1.54, 1.807) is 6.20 Å². The Kier molecular flexibility index (Phi) is 3.77. The zero-order chi connectivity index (χ0) is 12.1. The summed E-state index contributed by atoms with van der Waals surface area (Å²) >= 11 is 0. The minimum Gasteiger partial charge on any atom is -0.486 e. The number of hydrogen-bond acceptors (Lipinski definition) is 3. The average Bonchev–Trinajstić information content (AvgIpc) is 2.77. The summed E-state index contributed by atoms with van der Waals surface area (Å²) in [5.41, 5.74) is 7.74. The Morgan fingerprint density at radius 1 is 1.29 bits per heavy atom. The second-order valence-corrected chi connectivity index (χ2v) is 4.00. The van der Waals surface area contributed by atoms with Crippen LogP contribution in [0.25, 0.3) is 0 Å². The van der Waals surface area contributed by atoms with Crippen LogP contribution in [0.3, 0.4) is 0 Å². The van der Waals surface area contributed by atoms with Crippen molar-refractivity contribution in [2.24, 2.45) is 5.73 Å². The lowest BCUT2D eigenvalue weighted by molar-refractivity contribution is 0.297. The number of H-pyrrole nitrogens is 1. The molecule has 0 spiro atoms. The summed E-state index contributed by atoms with van der Waals surface area (Å²) in [7, 11) is 0. The number of hydrogen-bond donors (Lipinski definition) is 2. The zero-order valence-corrected chi connectivity index (χ0v) is 9.94. The van der Waals surface area contributed by atoms with Crippen LogP contribution in [0.1, 0.15) is 17.1 Å². The van der Waals surface area contributed by atoms with Gasteiger partial charge in [0.25, 0.3) is 0 Å². The van der Waals surface area contributed by atoms with Gasteiger partial charge in [-0.15, -0.1) is 0 Å². The van der Waals surface area contributed by atoms with E-state index in [4.69, 9.17) is 10.5 Å². The average molecular weight is 231 g/mol. The third-order valence-corrected chi connectivity index (χ3v) is 2.49. The molecule has 0 radical (unpaired) electrons. The number of ether oxygens (including phenoxy) is 1. The lowest BCUT2D eigenvalue weighted by atomic mass is 10.2. The Morgan fingerprint density at radius 3 is 2.76 bits per heavy atom. The molecule has 0 aliphatic carbocycles. The fourth-order valence-corrected chi connectivity index (χ4v) is 1.55. The number of nitrogens with one attached hydrogen (secondary N) is 1. The van der Waals surface area contributed by atoms with E-state index in [0.717, 1.165) is 23.7 Å². The van der Waals surface area contributed by atoms with E-state index < -0.39 is 0 Å². The molecule has 0 bridgehead atoms. The van der Waals surface area contributed by atoms with Crippen molar-refractivity contribution in [3.05, 3.63) is 47.5 Å². The quantitative estimate of drug-likeness (QED) is 0.824. The number of aromatic amines is 1. The van der Waals surface area contributed by atoms with Crippen LogP contribution in [0.4, 0.5) is 0 Å². The molecule has 1 heterocycles. The summed E-state index contributed by atoms with van der Waals surface area (Å²) < 4.78 is 5.61. The van der Waals surface area contributed by atoms with E-state index in [0.29, 0.717) is 13.2 Å². The van der Waals surface area contributed by atoms with E-state index in [1.165, 1.54) is 5.56 Å². The second-order valence-electron chi connectivity index (χ2n) is 4.00. The van der Waals surface area contributed by atoms with Crippen molar-refractivity contribution in [3.63, 3.8) is 0 Å². The minimum atomic E-state index is 0.452. The molecular weight excluding hydrogens is 214 g/mol. The molecule has 0 aliphatic heterocycles. The first-order chi connectivity index (χ1) is 8.28. The summed E-state index contributed by atoms with van der Waals surface area (Å²) in [6, 6.07) is 7.97. The maximum Gasteiger partial charge on any atom is 0.146 e. The molecule has 0 fully saturated rings. The molecule has 0 unspecified atom stereocenters. The molecule has 4 nitrogen and oxygen atoms in total. The number of aryl methyl sites for hydroxylation is 1. The predicted molar refractivity (Wildman–Crippen MR) is 66.9 cm³/mol. The van der Waals surface area contributed by atoms with Gasteiger partial charge in [-0.25, -0.2) is 4.98 Å². The number of imidazole rings is 1. The molecule has 90 valence electrons. The van der Waals surface area contributed by atoms with Crippen molar-refractivity contribution in [1.82, 2.24) is 9.97 Å². The Balaban J connectivity index is 1.90. The van der Waals surface area contributed by atoms with Crippen LogP contribution < -0.4 is 10.5 Å². The molecule has 0 amide bonds. The molecule has 17 heavy (non-hydrogen) atoms. The maximum absolute atomic E-state index is 5.61. The molecule has 2 aromatic rings. The summed E-state index contributed by atoms with van der Waals surface area (Å²) in [5, 5.41) is 0. The van der Waals surface area contributed by atoms with Crippen molar-refractivity contribution < 1.29 is 4.74 Å². The Labute approximate surface area is 101 Å². The van der Waals surface area contributed by atoms with Crippen LogP contribution in [0.2, 0.25) is 0 Å². The lowest BCUT2D eigenvalue weighted by Gasteiger charge is -2.04. The maximum atomic E-state index is 5.61. The van der Waals surface area contributed by atoms with Crippen LogP contribution in [0.15, 0.2) is 30.5 Å². The highest BCUT2D eigenvalue weighted by Crippen LogP contribution is 2.12. The highest BCUT2D eigenvalue weighted by atomic mass is 16.5. The highest BCUT2D eigenvalue weighted by Gasteiger charge is 2.01. The second kappa shape index (κ2) is 5.50. The topological polar surface area (TPSA) is 63.9 Å². The molecule has 2 rings (SSSR count). The van der Waals surface area contributed by atoms with Crippen molar-refractivity contribution >= 4 is 0 Å². The van der Waals surface area contributed by atoms with E-state index in [9.17, 15) is 0 Å². The number of nitrogens with two attached hydrogens (primary N) is 1. The van der Waals surface area contributed by atoms with Gasteiger partial charge in [0.15, 0.2) is 0 Å². The molecule has 1 aromatic heterocycles. The van der Waals surface area contributed by atoms with Gasteiger partial charge in [0, 0.05) is 18.3 Å². The van der Waals surface area contributed by atoms with Gasteiger partial charge in [-0.3, -0.25) is 0 Å². The predicted octanol–water partition coefficient (Wildman–Crippen LogP) is 1.80. The van der Waals surface area contributed by atoms with Crippen LogP contribution in [-0.4, -0.2) is 16.5 Å². The third kappa shape index (κ3) is 3.32. The van der Waals surface area contributed by atoms with E-state index in [1.807, 2.05) is 24.3 Å². The van der Waals surface area contributed by atoms with Gasteiger partial charge in [-0.2, -0.15) is 0 Å². The highest BCUT2D eigenvalue weighted by molar-refractivity contribution is 5.26. The molecule has 0 saturated carbocycles. The van der Waals surface area contributed by atoms with E-state index in [2.05, 4.69) is 16.9 Å². The van der Waals surface area contributed by atoms with Gasteiger partial charge in [0.05, 0.1) is 0 Å². The summed E-state index contributed by atoms with van der Waals surface area (Å²) in [4.78, 5) is 7.41. The molecule has 4 heteroatoms. The molecule has 0 atom stereocenters. The zero-order valence-electron chi connectivity index (χ0n) is 9.94. The van der Waals surface area contributed by atoms with Gasteiger partial charge < -0.3 is 15.5 Å². The summed E-state index contributed by atoms with van der Waals surface area (Å²) in [6.07, 6.45) is 2.62. The van der Waals surface area contributed by atoms with Gasteiger partial charge in [-0.05, 0) is 25.6 Å². The monoisotopic (exact) mass is 231 g/mol. The van der Waals surface area contributed by atoms with Crippen molar-refractivity contribution in [1.29, 1.82) is 0 Å². The number of benzene rings is 1. The molecular formula is C13H17N3O. The van der Waals surface area contributed by atoms with Gasteiger partial charge in [-0.1, -0.05) is 17.7 Å². The minimum absolute atomic E-state index is 0.452. The fraction of sp³-hybridized carbons (Fsp3) is 0.308. The first-order valence-corrected chi connectivity index (χ1v) is 5.70. The van der Waals surface area contributed by atoms with E-state index >= 15 is 0 Å². The molecule has 0 saturated heterocycles. The first kappa shape index (κ1) is 11.7. The molecule has 3 N–H and O–H groups in total. The van der Waals surface area contributed by atoms with Crippen molar-refractivity contribution in [3.8, 4) is 5.75 Å². The van der Waals surface area contributed by atoms with Gasteiger partial charge in [0.2, 0.25) is 0 Å². The third-order valence-electron chi connectivity index (χ3n) is 2.49. The number of nitrogens with zero attached hydrogens (tertiary/aromatic N) is 1. The largest absolute Gasteiger partial charge is 0.486 e. The van der Waals surface area contributed by atoms with Gasteiger partial charge in [0.1, 0.15) is 18.2 Å². The van der Waals surface area contributed by atoms with Crippen LogP contribution >= 0.6 is 0 Å². The van der Waals surface area contributed by atoms with Crippen LogP contribution in [0.5, 0.6) is 5.75 Å². The Morgan fingerprint density at radius 2 is 2.06 bits per heavy atom. The lowest BCUT2D eigenvalue weighted by Crippen LogP contribution is -2.03. The summed E-state index contributed by atoms with van der Waals surface area (Å²) in [6.45, 7) is 3.13. The smallest absolute Gasteiger partial charge is 0.146 e. The molecule has 1 aromatic carbocycles. The number of aromatic nitrogens is 2. The SMILES string of the molecule is Cc1ccc(OCc2ncc(CCN)[nH]2)cc1. The van der Waals surface area contributed by atoms with Gasteiger partial charge >= 0.3 is 0 Å². The Bertz CT molecular complexity index is 462. The van der Waals surface area contributed by atoms with Crippen LogP contribution in [-0.2, 0) is 13.0 Å². The first-order valence-electron chi connectivity index (χ1n) is 5.70. The van der Waals surface area contributed by atoms with E-state index in [-0.39, 0.29) is 0 Å². The number of rotatable bonds is 5. The van der Waals surface area contributed by atoms with Crippen LogP contribution in [0, 0.1) is 6.92 Å². The fourth-order valence-electron chi connectivity index (χ4n) is 1.55. The molecule has 0 aliphatic rings. The normalized spacial score (nSPS) is 10.5. The Hall–Kier alpha value is -1.81. The van der Waals surface area contributed by atoms with Crippen molar-refractivity contribution in [2.75, 3.05) is 6.54 Å². The van der Waals surface area contributed by atoms with Crippen molar-refractivity contribution in [2.45, 2.75) is 20.0 Å². The summed E-state index contributed by atoms with van der Waals surface area (Å²) in [5.74, 6) is 1.68.